The van der Waals surface area contributed by atoms with Gasteiger partial charge in [-0.25, -0.2) is 0 Å². The Hall–Kier alpha value is -1.32. The maximum atomic E-state index is 12.0. The summed E-state index contributed by atoms with van der Waals surface area (Å²) < 4.78 is 1.08. The summed E-state index contributed by atoms with van der Waals surface area (Å²) in [6, 6.07) is 15.9. The van der Waals surface area contributed by atoms with Crippen molar-refractivity contribution in [1.82, 2.24) is 5.32 Å². The van der Waals surface area contributed by atoms with E-state index in [1.54, 1.807) is 0 Å². The lowest BCUT2D eigenvalue weighted by atomic mass is 10.1. The van der Waals surface area contributed by atoms with E-state index in [1.807, 2.05) is 36.4 Å². The Labute approximate surface area is 137 Å². The normalized spacial score (nSPS) is 20.1. The van der Waals surface area contributed by atoms with E-state index >= 15 is 0 Å². The predicted octanol–water partition coefficient (Wildman–Crippen LogP) is 4.32. The minimum atomic E-state index is 0.0693. The number of benzene rings is 2. The molecule has 2 aromatic rings. The number of halogens is 2. The van der Waals surface area contributed by atoms with Gasteiger partial charge in [0.1, 0.15) is 0 Å². The van der Waals surface area contributed by atoms with Crippen LogP contribution in [0, 0.1) is 0 Å². The highest BCUT2D eigenvalue weighted by atomic mass is 79.9. The molecule has 1 fully saturated rings. The molecule has 0 spiro atoms. The van der Waals surface area contributed by atoms with Gasteiger partial charge in [-0.2, -0.15) is 0 Å². The first-order valence-electron chi connectivity index (χ1n) is 6.91. The highest BCUT2D eigenvalue weighted by molar-refractivity contribution is 9.10. The second-order valence-electron chi connectivity index (χ2n) is 5.37. The van der Waals surface area contributed by atoms with Gasteiger partial charge in [-0.05, 0) is 41.8 Å². The topological polar surface area (TPSA) is 29.1 Å². The SMILES string of the molecule is O=C(Cc1ccc(Cl)cc1)N[C@@H]1C[C@H]1c1cccc(Br)c1. The quantitative estimate of drug-likeness (QED) is 0.860. The Morgan fingerprint density at radius 2 is 2.00 bits per heavy atom. The van der Waals surface area contributed by atoms with E-state index in [1.165, 1.54) is 5.56 Å². The average Bonchev–Trinajstić information content (AvgIpc) is 3.20. The Morgan fingerprint density at radius 3 is 2.71 bits per heavy atom. The zero-order valence-corrected chi connectivity index (χ0v) is 13.7. The molecule has 1 aliphatic carbocycles. The molecule has 0 heterocycles. The fraction of sp³-hybridized carbons (Fsp3) is 0.235. The van der Waals surface area contributed by atoms with Crippen molar-refractivity contribution in [3.05, 3.63) is 69.2 Å². The van der Waals surface area contributed by atoms with Gasteiger partial charge in [0.2, 0.25) is 5.91 Å². The van der Waals surface area contributed by atoms with Crippen LogP contribution in [0.25, 0.3) is 0 Å². The van der Waals surface area contributed by atoms with Crippen molar-refractivity contribution >= 4 is 33.4 Å². The van der Waals surface area contributed by atoms with Crippen LogP contribution in [-0.4, -0.2) is 11.9 Å². The number of rotatable bonds is 4. The monoisotopic (exact) mass is 363 g/mol. The number of hydrogen-bond acceptors (Lipinski definition) is 1. The summed E-state index contributed by atoms with van der Waals surface area (Å²) in [6.07, 6.45) is 1.42. The molecule has 108 valence electrons. The lowest BCUT2D eigenvalue weighted by Gasteiger charge is -2.06. The second-order valence-corrected chi connectivity index (χ2v) is 6.73. The van der Waals surface area contributed by atoms with E-state index in [9.17, 15) is 4.79 Å². The number of carbonyl (C=O) groups excluding carboxylic acids is 1. The highest BCUT2D eigenvalue weighted by Crippen LogP contribution is 2.41. The van der Waals surface area contributed by atoms with Gasteiger partial charge in [0.15, 0.2) is 0 Å². The molecule has 1 aliphatic rings. The van der Waals surface area contributed by atoms with Crippen molar-refractivity contribution in [3.63, 3.8) is 0 Å². The van der Waals surface area contributed by atoms with Gasteiger partial charge in [0.05, 0.1) is 6.42 Å². The van der Waals surface area contributed by atoms with Crippen LogP contribution in [-0.2, 0) is 11.2 Å². The van der Waals surface area contributed by atoms with Crippen LogP contribution in [0.5, 0.6) is 0 Å². The zero-order valence-electron chi connectivity index (χ0n) is 11.4. The van der Waals surface area contributed by atoms with Crippen LogP contribution < -0.4 is 5.32 Å². The molecule has 1 saturated carbocycles. The fourth-order valence-electron chi connectivity index (χ4n) is 2.51. The number of carbonyl (C=O) groups is 1. The van der Waals surface area contributed by atoms with Crippen LogP contribution in [0.15, 0.2) is 53.0 Å². The third kappa shape index (κ3) is 3.86. The number of hydrogen-bond donors (Lipinski definition) is 1. The maximum Gasteiger partial charge on any atom is 0.224 e. The molecule has 0 unspecified atom stereocenters. The predicted molar refractivity (Wildman–Crippen MR) is 88.6 cm³/mol. The summed E-state index contributed by atoms with van der Waals surface area (Å²) in [5.74, 6) is 0.511. The molecule has 2 aromatic carbocycles. The van der Waals surface area contributed by atoms with Crippen molar-refractivity contribution in [3.8, 4) is 0 Å². The van der Waals surface area contributed by atoms with Crippen molar-refractivity contribution in [1.29, 1.82) is 0 Å². The Bertz CT molecular complexity index is 656. The molecule has 0 bridgehead atoms. The van der Waals surface area contributed by atoms with E-state index in [0.29, 0.717) is 17.4 Å². The third-order valence-corrected chi connectivity index (χ3v) is 4.44. The van der Waals surface area contributed by atoms with Gasteiger partial charge in [0, 0.05) is 21.5 Å². The van der Waals surface area contributed by atoms with Gasteiger partial charge in [-0.3, -0.25) is 4.79 Å². The van der Waals surface area contributed by atoms with Crippen LogP contribution in [0.1, 0.15) is 23.5 Å². The standard InChI is InChI=1S/C17H15BrClNO/c18-13-3-1-2-12(9-13)15-10-16(15)20-17(21)8-11-4-6-14(19)7-5-11/h1-7,9,15-16H,8,10H2,(H,20,21)/t15-,16+/m0/s1. The largest absolute Gasteiger partial charge is 0.352 e. The van der Waals surface area contributed by atoms with Gasteiger partial charge < -0.3 is 5.32 Å². The Kier molecular flexibility index (Phi) is 4.32. The number of nitrogens with one attached hydrogen (secondary N) is 1. The van der Waals surface area contributed by atoms with E-state index in [0.717, 1.165) is 16.5 Å². The average molecular weight is 365 g/mol. The first-order valence-corrected chi connectivity index (χ1v) is 8.08. The van der Waals surface area contributed by atoms with E-state index in [-0.39, 0.29) is 11.9 Å². The fourth-order valence-corrected chi connectivity index (χ4v) is 3.05. The molecule has 0 radical (unpaired) electrons. The molecular weight excluding hydrogens is 350 g/mol. The first-order chi connectivity index (χ1) is 10.1. The van der Waals surface area contributed by atoms with Crippen molar-refractivity contribution < 1.29 is 4.79 Å². The smallest absolute Gasteiger partial charge is 0.224 e. The highest BCUT2D eigenvalue weighted by Gasteiger charge is 2.39. The molecular formula is C17H15BrClNO. The molecule has 1 N–H and O–H groups in total. The third-order valence-electron chi connectivity index (χ3n) is 3.69. The number of amides is 1. The Morgan fingerprint density at radius 1 is 1.24 bits per heavy atom. The molecule has 1 amide bonds. The second kappa shape index (κ2) is 6.20. The summed E-state index contributed by atoms with van der Waals surface area (Å²) >= 11 is 9.32. The maximum absolute atomic E-state index is 12.0. The molecule has 4 heteroatoms. The van der Waals surface area contributed by atoms with Crippen LogP contribution >= 0.6 is 27.5 Å². The summed E-state index contributed by atoms with van der Waals surface area (Å²) in [6.45, 7) is 0. The minimum Gasteiger partial charge on any atom is -0.352 e. The first kappa shape index (κ1) is 14.6. The molecule has 3 rings (SSSR count). The van der Waals surface area contributed by atoms with Crippen LogP contribution in [0.4, 0.5) is 0 Å². The lowest BCUT2D eigenvalue weighted by molar-refractivity contribution is -0.120. The van der Waals surface area contributed by atoms with E-state index in [4.69, 9.17) is 11.6 Å². The lowest BCUT2D eigenvalue weighted by Crippen LogP contribution is -2.28. The van der Waals surface area contributed by atoms with Crippen molar-refractivity contribution in [2.45, 2.75) is 24.8 Å². The Balaban J connectivity index is 1.54. The molecule has 0 aliphatic heterocycles. The molecule has 0 aromatic heterocycles. The minimum absolute atomic E-state index is 0.0693. The summed E-state index contributed by atoms with van der Waals surface area (Å²) in [5, 5.41) is 3.79. The summed E-state index contributed by atoms with van der Waals surface area (Å²) in [5.41, 5.74) is 2.26. The van der Waals surface area contributed by atoms with E-state index < -0.39 is 0 Å². The molecule has 21 heavy (non-hydrogen) atoms. The molecule has 0 saturated heterocycles. The van der Waals surface area contributed by atoms with Gasteiger partial charge in [0.25, 0.3) is 0 Å². The van der Waals surface area contributed by atoms with Crippen LogP contribution in [0.3, 0.4) is 0 Å². The molecule has 2 atom stereocenters. The molecule has 2 nitrogen and oxygen atoms in total. The van der Waals surface area contributed by atoms with Gasteiger partial charge >= 0.3 is 0 Å². The summed E-state index contributed by atoms with van der Waals surface area (Å²) in [7, 11) is 0. The van der Waals surface area contributed by atoms with E-state index in [2.05, 4.69) is 33.4 Å². The van der Waals surface area contributed by atoms with Crippen LogP contribution in [0.2, 0.25) is 5.02 Å². The zero-order chi connectivity index (χ0) is 14.8. The summed E-state index contributed by atoms with van der Waals surface area (Å²) in [4.78, 5) is 12.0. The van der Waals surface area contributed by atoms with Gasteiger partial charge in [-0.1, -0.05) is 51.8 Å². The van der Waals surface area contributed by atoms with Crippen molar-refractivity contribution in [2.24, 2.45) is 0 Å². The van der Waals surface area contributed by atoms with Crippen molar-refractivity contribution in [2.75, 3.05) is 0 Å². The van der Waals surface area contributed by atoms with Gasteiger partial charge in [-0.15, -0.1) is 0 Å².